The third-order valence-electron chi connectivity index (χ3n) is 2.67. The van der Waals surface area contributed by atoms with Gasteiger partial charge in [0, 0.05) is 17.6 Å². The molecule has 0 aliphatic carbocycles. The number of hydrogen-bond acceptors (Lipinski definition) is 1. The van der Waals surface area contributed by atoms with Crippen molar-refractivity contribution < 1.29 is 4.39 Å². The van der Waals surface area contributed by atoms with E-state index < -0.39 is 0 Å². The van der Waals surface area contributed by atoms with E-state index in [4.69, 9.17) is 5.73 Å². The van der Waals surface area contributed by atoms with Gasteiger partial charge in [-0.1, -0.05) is 12.1 Å². The van der Waals surface area contributed by atoms with E-state index in [-0.39, 0.29) is 5.82 Å². The Hall–Kier alpha value is -1.35. The minimum absolute atomic E-state index is 0.155. The number of aryl methyl sites for hydroxylation is 1. The lowest BCUT2D eigenvalue weighted by Gasteiger charge is -2.06. The smallest absolute Gasteiger partial charge is 0.147 e. The summed E-state index contributed by atoms with van der Waals surface area (Å²) < 4.78 is 15.6. The molecule has 2 nitrogen and oxygen atoms in total. The normalized spacial score (nSPS) is 11.1. The van der Waals surface area contributed by atoms with Crippen molar-refractivity contribution >= 4 is 10.9 Å². The molecular formula is C12H15FN2. The summed E-state index contributed by atoms with van der Waals surface area (Å²) in [5.41, 5.74) is 7.35. The lowest BCUT2D eigenvalue weighted by molar-refractivity contribution is 0.621. The van der Waals surface area contributed by atoms with E-state index in [1.807, 2.05) is 23.6 Å². The van der Waals surface area contributed by atoms with Gasteiger partial charge in [0.05, 0.1) is 5.52 Å². The number of aromatic nitrogens is 1. The maximum atomic E-state index is 13.6. The van der Waals surface area contributed by atoms with E-state index in [0.29, 0.717) is 12.1 Å². The summed E-state index contributed by atoms with van der Waals surface area (Å²) in [6.07, 6.45) is 0.794. The molecule has 2 rings (SSSR count). The Morgan fingerprint density at radius 1 is 1.40 bits per heavy atom. The fourth-order valence-electron chi connectivity index (χ4n) is 2.05. The van der Waals surface area contributed by atoms with Crippen LogP contribution in [0, 0.1) is 5.82 Å². The van der Waals surface area contributed by atoms with Crippen molar-refractivity contribution in [2.24, 2.45) is 5.73 Å². The number of hydrogen-bond donors (Lipinski definition) is 1. The van der Waals surface area contributed by atoms with Crippen LogP contribution in [0.3, 0.4) is 0 Å². The molecule has 0 spiro atoms. The van der Waals surface area contributed by atoms with Gasteiger partial charge >= 0.3 is 0 Å². The van der Waals surface area contributed by atoms with E-state index in [2.05, 4.69) is 0 Å². The highest BCUT2D eigenvalue weighted by molar-refractivity contribution is 5.81. The Balaban J connectivity index is 2.68. The number of nitrogens with two attached hydrogens (primary N) is 1. The maximum Gasteiger partial charge on any atom is 0.147 e. The molecule has 3 heteroatoms. The second-order valence-corrected chi connectivity index (χ2v) is 3.60. The van der Waals surface area contributed by atoms with Crippen LogP contribution in [0.1, 0.15) is 12.6 Å². The average Bonchev–Trinajstić information content (AvgIpc) is 2.57. The molecule has 80 valence electrons. The third-order valence-corrected chi connectivity index (χ3v) is 2.67. The molecule has 1 heterocycles. The number of benzene rings is 1. The van der Waals surface area contributed by atoms with Crippen molar-refractivity contribution in [3.63, 3.8) is 0 Å². The molecule has 1 aromatic heterocycles. The van der Waals surface area contributed by atoms with Gasteiger partial charge in [-0.15, -0.1) is 0 Å². The van der Waals surface area contributed by atoms with Crippen molar-refractivity contribution in [2.45, 2.75) is 19.9 Å². The topological polar surface area (TPSA) is 30.9 Å². The summed E-state index contributed by atoms with van der Waals surface area (Å²) in [6, 6.07) is 7.20. The zero-order valence-electron chi connectivity index (χ0n) is 8.83. The first-order valence-electron chi connectivity index (χ1n) is 5.24. The largest absolute Gasteiger partial charge is 0.342 e. The van der Waals surface area contributed by atoms with Crippen LogP contribution in [0.4, 0.5) is 4.39 Å². The van der Waals surface area contributed by atoms with Crippen LogP contribution >= 0.6 is 0 Å². The maximum absolute atomic E-state index is 13.6. The number of halogens is 1. The molecule has 1 aromatic carbocycles. The standard InChI is InChI=1S/C12H15FN2/c1-2-15-10(6-7-14)8-9-4-3-5-11(13)12(9)15/h3-5,8H,2,6-7,14H2,1H3. The lowest BCUT2D eigenvalue weighted by atomic mass is 10.2. The Kier molecular flexibility index (Phi) is 2.73. The predicted molar refractivity (Wildman–Crippen MR) is 60.3 cm³/mol. The van der Waals surface area contributed by atoms with Crippen LogP contribution in [-0.2, 0) is 13.0 Å². The molecular weight excluding hydrogens is 191 g/mol. The first kappa shape index (κ1) is 10.2. The van der Waals surface area contributed by atoms with Crippen molar-refractivity contribution in [3.8, 4) is 0 Å². The summed E-state index contributed by atoms with van der Waals surface area (Å²) in [4.78, 5) is 0. The zero-order chi connectivity index (χ0) is 10.8. The molecule has 0 amide bonds. The summed E-state index contributed by atoms with van der Waals surface area (Å²) in [7, 11) is 0. The van der Waals surface area contributed by atoms with Gasteiger partial charge in [-0.25, -0.2) is 4.39 Å². The summed E-state index contributed by atoms with van der Waals surface area (Å²) in [6.45, 7) is 3.39. The molecule has 0 saturated heterocycles. The summed E-state index contributed by atoms with van der Waals surface area (Å²) in [5, 5.41) is 0.959. The van der Waals surface area contributed by atoms with Crippen LogP contribution in [0.25, 0.3) is 10.9 Å². The SMILES string of the molecule is CCn1c(CCN)cc2cccc(F)c21. The predicted octanol–water partition coefficient (Wildman–Crippen LogP) is 2.30. The van der Waals surface area contributed by atoms with E-state index in [1.165, 1.54) is 6.07 Å². The quantitative estimate of drug-likeness (QED) is 0.820. The zero-order valence-corrected chi connectivity index (χ0v) is 8.83. The molecule has 15 heavy (non-hydrogen) atoms. The first-order chi connectivity index (χ1) is 7.27. The molecule has 2 N–H and O–H groups in total. The summed E-state index contributed by atoms with van der Waals surface area (Å²) >= 11 is 0. The van der Waals surface area contributed by atoms with Gasteiger partial charge in [0.25, 0.3) is 0 Å². The van der Waals surface area contributed by atoms with Crippen molar-refractivity contribution in [3.05, 3.63) is 35.8 Å². The van der Waals surface area contributed by atoms with E-state index in [9.17, 15) is 4.39 Å². The molecule has 0 aliphatic heterocycles. The minimum atomic E-state index is -0.155. The lowest BCUT2D eigenvalue weighted by Crippen LogP contribution is -2.08. The molecule has 0 atom stereocenters. The van der Waals surface area contributed by atoms with Crippen LogP contribution in [0.5, 0.6) is 0 Å². The molecule has 0 aliphatic rings. The number of nitrogens with zero attached hydrogens (tertiary/aromatic N) is 1. The van der Waals surface area contributed by atoms with Crippen LogP contribution < -0.4 is 5.73 Å². The molecule has 0 bridgehead atoms. The fourth-order valence-corrected chi connectivity index (χ4v) is 2.05. The molecule has 0 fully saturated rings. The highest BCUT2D eigenvalue weighted by atomic mass is 19.1. The van der Waals surface area contributed by atoms with Crippen molar-refractivity contribution in [2.75, 3.05) is 6.54 Å². The van der Waals surface area contributed by atoms with E-state index in [1.54, 1.807) is 6.07 Å². The number of fused-ring (bicyclic) bond motifs is 1. The van der Waals surface area contributed by atoms with Gasteiger partial charge in [0.15, 0.2) is 0 Å². The molecule has 2 aromatic rings. The number of para-hydroxylation sites is 1. The van der Waals surface area contributed by atoms with Gasteiger partial charge in [-0.05, 0) is 32.0 Å². The second kappa shape index (κ2) is 4.03. The molecule has 0 radical (unpaired) electrons. The highest BCUT2D eigenvalue weighted by Gasteiger charge is 2.10. The van der Waals surface area contributed by atoms with Crippen LogP contribution in [0.2, 0.25) is 0 Å². The van der Waals surface area contributed by atoms with Gasteiger partial charge in [0.2, 0.25) is 0 Å². The second-order valence-electron chi connectivity index (χ2n) is 3.60. The van der Waals surface area contributed by atoms with E-state index >= 15 is 0 Å². The van der Waals surface area contributed by atoms with Gasteiger partial charge < -0.3 is 10.3 Å². The number of rotatable bonds is 3. The molecule has 0 unspecified atom stereocenters. The van der Waals surface area contributed by atoms with Gasteiger partial charge in [0.1, 0.15) is 5.82 Å². The van der Waals surface area contributed by atoms with Gasteiger partial charge in [-0.2, -0.15) is 0 Å². The molecule has 0 saturated carbocycles. The Morgan fingerprint density at radius 2 is 2.20 bits per heavy atom. The Morgan fingerprint density at radius 3 is 2.87 bits per heavy atom. The Bertz CT molecular complexity index is 474. The van der Waals surface area contributed by atoms with Crippen LogP contribution in [-0.4, -0.2) is 11.1 Å². The Labute approximate surface area is 88.5 Å². The van der Waals surface area contributed by atoms with Gasteiger partial charge in [-0.3, -0.25) is 0 Å². The highest BCUT2D eigenvalue weighted by Crippen LogP contribution is 2.22. The average molecular weight is 206 g/mol. The first-order valence-corrected chi connectivity index (χ1v) is 5.24. The minimum Gasteiger partial charge on any atom is -0.342 e. The van der Waals surface area contributed by atoms with Crippen LogP contribution in [0.15, 0.2) is 24.3 Å². The summed E-state index contributed by atoms with van der Waals surface area (Å²) in [5.74, 6) is -0.155. The van der Waals surface area contributed by atoms with E-state index in [0.717, 1.165) is 24.0 Å². The third kappa shape index (κ3) is 1.63. The van der Waals surface area contributed by atoms with Crippen molar-refractivity contribution in [1.29, 1.82) is 0 Å². The van der Waals surface area contributed by atoms with Crippen molar-refractivity contribution in [1.82, 2.24) is 4.57 Å². The fraction of sp³-hybridized carbons (Fsp3) is 0.333. The monoisotopic (exact) mass is 206 g/mol.